The number of hydrogen-bond donors (Lipinski definition) is 1. The topological polar surface area (TPSA) is 94.0 Å². The number of phenolic OH excluding ortho intramolecular Hbond substituents is 1. The van der Waals surface area contributed by atoms with E-state index in [1.54, 1.807) is 36.2 Å². The highest BCUT2D eigenvalue weighted by Gasteiger charge is 2.34. The number of thiazole rings is 1. The minimum absolute atomic E-state index is 0.235. The lowest BCUT2D eigenvalue weighted by atomic mass is 10.1. The lowest BCUT2D eigenvalue weighted by Gasteiger charge is -2.20. The molecule has 3 aromatic rings. The number of nitriles is 1. The number of phenols is 1. The van der Waals surface area contributed by atoms with Crippen LogP contribution in [0.2, 0.25) is 0 Å². The van der Waals surface area contributed by atoms with E-state index in [0.29, 0.717) is 16.3 Å². The number of allylic oxidation sites excluding steroid dienone is 1. The average molecular weight is 432 g/mol. The van der Waals surface area contributed by atoms with Gasteiger partial charge in [0.2, 0.25) is 0 Å². The summed E-state index contributed by atoms with van der Waals surface area (Å²) in [5, 5.41) is 34.0. The Bertz CT molecular complexity index is 1180. The Kier molecular flexibility index (Phi) is 5.74. The SMILES string of the molecule is Cc1cc(/C=C(\C#N)c2nc(CSC3(c4ccccc4)C=NN=N3)cs2)ccc1O. The maximum atomic E-state index is 9.69. The van der Waals surface area contributed by atoms with Crippen LogP contribution in [0.1, 0.15) is 27.4 Å². The second-order valence-corrected chi connectivity index (χ2v) is 8.70. The average Bonchev–Trinajstić information content (AvgIpc) is 3.44. The molecule has 0 spiro atoms. The largest absolute Gasteiger partial charge is 0.508 e. The minimum Gasteiger partial charge on any atom is -0.508 e. The van der Waals surface area contributed by atoms with E-state index in [1.165, 1.54) is 11.3 Å². The summed E-state index contributed by atoms with van der Waals surface area (Å²) in [6, 6.07) is 17.4. The van der Waals surface area contributed by atoms with Crippen LogP contribution in [0.25, 0.3) is 11.6 Å². The number of aromatic hydroxyl groups is 1. The minimum atomic E-state index is -0.650. The predicted molar refractivity (Wildman–Crippen MR) is 121 cm³/mol. The number of thioether (sulfide) groups is 1. The molecule has 1 atom stereocenters. The molecule has 1 unspecified atom stereocenters. The molecule has 1 aliphatic rings. The molecule has 2 heterocycles. The molecule has 1 aliphatic heterocycles. The van der Waals surface area contributed by atoms with Gasteiger partial charge in [0, 0.05) is 11.1 Å². The van der Waals surface area contributed by atoms with Gasteiger partial charge in [-0.3, -0.25) is 0 Å². The fraction of sp³-hybridized carbons (Fsp3) is 0.136. The van der Waals surface area contributed by atoms with E-state index >= 15 is 0 Å². The van der Waals surface area contributed by atoms with Crippen LogP contribution in [-0.4, -0.2) is 16.3 Å². The van der Waals surface area contributed by atoms with Crippen LogP contribution < -0.4 is 0 Å². The number of nitrogens with zero attached hydrogens (tertiary/aromatic N) is 5. The normalized spacial score (nSPS) is 17.9. The van der Waals surface area contributed by atoms with Crippen molar-refractivity contribution in [2.45, 2.75) is 17.5 Å². The summed E-state index contributed by atoms with van der Waals surface area (Å²) in [5.74, 6) is 0.840. The van der Waals surface area contributed by atoms with Crippen molar-refractivity contribution in [3.05, 3.63) is 81.3 Å². The molecule has 2 aromatic carbocycles. The summed E-state index contributed by atoms with van der Waals surface area (Å²) in [6.07, 6.45) is 3.53. The second-order valence-electron chi connectivity index (χ2n) is 6.64. The third-order valence-electron chi connectivity index (χ3n) is 4.54. The first-order valence-electron chi connectivity index (χ1n) is 9.12. The second kappa shape index (κ2) is 8.61. The molecular formula is C22H17N5OS2. The maximum absolute atomic E-state index is 9.69. The third-order valence-corrected chi connectivity index (χ3v) is 6.77. The summed E-state index contributed by atoms with van der Waals surface area (Å²) in [6.45, 7) is 1.82. The van der Waals surface area contributed by atoms with Gasteiger partial charge in [0.05, 0.1) is 17.5 Å². The van der Waals surface area contributed by atoms with E-state index in [4.69, 9.17) is 0 Å². The van der Waals surface area contributed by atoms with Crippen LogP contribution in [0.5, 0.6) is 5.75 Å². The number of aryl methyl sites for hydroxylation is 1. The number of hydrogen-bond acceptors (Lipinski definition) is 8. The molecule has 0 amide bonds. The van der Waals surface area contributed by atoms with Gasteiger partial charge in [-0.05, 0) is 47.0 Å². The smallest absolute Gasteiger partial charge is 0.191 e. The van der Waals surface area contributed by atoms with Crippen molar-refractivity contribution in [3.63, 3.8) is 0 Å². The van der Waals surface area contributed by atoms with Crippen LogP contribution in [0, 0.1) is 18.3 Å². The molecule has 4 rings (SSSR count). The van der Waals surface area contributed by atoms with Gasteiger partial charge in [-0.1, -0.05) is 36.4 Å². The van der Waals surface area contributed by atoms with Gasteiger partial charge < -0.3 is 5.11 Å². The standard InChI is InChI=1S/C22H17N5OS2/c1-15-9-16(7-8-20(15)28)10-17(11-23)21-25-19(12-29-21)13-30-22(14-24-27-26-22)18-5-3-2-4-6-18/h2-10,12,14,28H,13H2,1H3/b17-10+. The van der Waals surface area contributed by atoms with E-state index in [2.05, 4.69) is 26.5 Å². The maximum Gasteiger partial charge on any atom is 0.191 e. The summed E-state index contributed by atoms with van der Waals surface area (Å²) < 4.78 is 0. The highest BCUT2D eigenvalue weighted by atomic mass is 32.2. The van der Waals surface area contributed by atoms with Gasteiger partial charge in [0.25, 0.3) is 0 Å². The molecule has 0 radical (unpaired) electrons. The lowest BCUT2D eigenvalue weighted by molar-refractivity contribution is 0.471. The Morgan fingerprint density at radius 3 is 2.80 bits per heavy atom. The Hall–Kier alpha value is -3.28. The molecule has 148 valence electrons. The molecule has 30 heavy (non-hydrogen) atoms. The summed E-state index contributed by atoms with van der Waals surface area (Å²) in [5.41, 5.74) is 3.97. The Morgan fingerprint density at radius 1 is 1.27 bits per heavy atom. The Morgan fingerprint density at radius 2 is 2.10 bits per heavy atom. The summed E-state index contributed by atoms with van der Waals surface area (Å²) in [7, 11) is 0. The first-order chi connectivity index (χ1) is 14.6. The zero-order valence-electron chi connectivity index (χ0n) is 16.1. The monoisotopic (exact) mass is 431 g/mol. The molecule has 8 heteroatoms. The fourth-order valence-corrected chi connectivity index (χ4v) is 4.86. The van der Waals surface area contributed by atoms with Crippen molar-refractivity contribution in [1.82, 2.24) is 4.98 Å². The van der Waals surface area contributed by atoms with E-state index in [9.17, 15) is 10.4 Å². The van der Waals surface area contributed by atoms with Crippen molar-refractivity contribution in [2.24, 2.45) is 15.4 Å². The van der Waals surface area contributed by atoms with E-state index in [-0.39, 0.29) is 5.75 Å². The first-order valence-corrected chi connectivity index (χ1v) is 11.0. The number of benzene rings is 2. The molecule has 1 N–H and O–H groups in total. The zero-order chi connectivity index (χ0) is 21.0. The molecule has 0 fully saturated rings. The van der Waals surface area contributed by atoms with Crippen LogP contribution in [-0.2, 0) is 10.6 Å². The van der Waals surface area contributed by atoms with Crippen molar-refractivity contribution in [3.8, 4) is 11.8 Å². The van der Waals surface area contributed by atoms with E-state index in [1.807, 2.05) is 48.7 Å². The Labute approximate surface area is 182 Å². The van der Waals surface area contributed by atoms with Crippen molar-refractivity contribution < 1.29 is 5.11 Å². The van der Waals surface area contributed by atoms with Gasteiger partial charge in [-0.25, -0.2) is 4.98 Å². The fourth-order valence-electron chi connectivity index (χ4n) is 2.94. The van der Waals surface area contributed by atoms with Gasteiger partial charge in [-0.2, -0.15) is 5.26 Å². The summed E-state index contributed by atoms with van der Waals surface area (Å²) in [4.78, 5) is 3.99. The van der Waals surface area contributed by atoms with Gasteiger partial charge in [0.15, 0.2) is 4.87 Å². The first kappa shape index (κ1) is 20.0. The number of aromatic nitrogens is 1. The predicted octanol–water partition coefficient (Wildman–Crippen LogP) is 5.76. The molecule has 0 aliphatic carbocycles. The van der Waals surface area contributed by atoms with Crippen LogP contribution in [0.4, 0.5) is 0 Å². The molecule has 0 saturated heterocycles. The molecule has 0 bridgehead atoms. The lowest BCUT2D eigenvalue weighted by Crippen LogP contribution is -2.18. The van der Waals surface area contributed by atoms with Crippen LogP contribution in [0.3, 0.4) is 0 Å². The summed E-state index contributed by atoms with van der Waals surface area (Å²) >= 11 is 3.02. The highest BCUT2D eigenvalue weighted by Crippen LogP contribution is 2.41. The third kappa shape index (κ3) is 4.17. The van der Waals surface area contributed by atoms with Crippen molar-refractivity contribution in [2.75, 3.05) is 0 Å². The van der Waals surface area contributed by atoms with Crippen molar-refractivity contribution >= 4 is 41.0 Å². The van der Waals surface area contributed by atoms with E-state index in [0.717, 1.165) is 22.4 Å². The zero-order valence-corrected chi connectivity index (χ0v) is 17.7. The quantitative estimate of drug-likeness (QED) is 0.502. The molecule has 0 saturated carbocycles. The van der Waals surface area contributed by atoms with E-state index < -0.39 is 4.87 Å². The molecule has 1 aromatic heterocycles. The van der Waals surface area contributed by atoms with Gasteiger partial charge in [-0.15, -0.1) is 33.3 Å². The molecular weight excluding hydrogens is 414 g/mol. The Balaban J connectivity index is 1.53. The van der Waals surface area contributed by atoms with Gasteiger partial charge in [0.1, 0.15) is 16.8 Å². The number of rotatable bonds is 6. The van der Waals surface area contributed by atoms with Crippen molar-refractivity contribution in [1.29, 1.82) is 5.26 Å². The molecule has 6 nitrogen and oxygen atoms in total. The van der Waals surface area contributed by atoms with Crippen LogP contribution in [0.15, 0.2) is 69.3 Å². The van der Waals surface area contributed by atoms with Gasteiger partial charge >= 0.3 is 0 Å². The highest BCUT2D eigenvalue weighted by molar-refractivity contribution is 8.00. The van der Waals surface area contributed by atoms with Crippen LogP contribution >= 0.6 is 23.1 Å².